The minimum atomic E-state index is -0.157. The van der Waals surface area contributed by atoms with Crippen LogP contribution in [0.3, 0.4) is 0 Å². The van der Waals surface area contributed by atoms with Gasteiger partial charge in [-0.05, 0) is 74.6 Å². The highest BCUT2D eigenvalue weighted by atomic mass is 35.5. The summed E-state index contributed by atoms with van der Waals surface area (Å²) in [5.41, 5.74) is 4.20. The van der Waals surface area contributed by atoms with Crippen molar-refractivity contribution in [2.75, 3.05) is 36.4 Å². The fourth-order valence-electron chi connectivity index (χ4n) is 4.66. The van der Waals surface area contributed by atoms with Crippen LogP contribution in [0.15, 0.2) is 36.4 Å². The van der Waals surface area contributed by atoms with Crippen LogP contribution in [0.1, 0.15) is 38.3 Å². The molecule has 3 rings (SSSR count). The number of hydrogen-bond acceptors (Lipinski definition) is 3. The summed E-state index contributed by atoms with van der Waals surface area (Å²) in [7, 11) is 0. The summed E-state index contributed by atoms with van der Waals surface area (Å²) in [5, 5.41) is 7.36. The summed E-state index contributed by atoms with van der Waals surface area (Å²) in [6.07, 6.45) is 1.03. The van der Waals surface area contributed by atoms with E-state index in [9.17, 15) is 4.79 Å². The van der Waals surface area contributed by atoms with Gasteiger partial charge in [0, 0.05) is 49.6 Å². The van der Waals surface area contributed by atoms with Gasteiger partial charge >= 0.3 is 6.03 Å². The number of urea groups is 1. The standard InChI is InChI=1S/C26H36Cl2N4O/c1-17(2)12-25(20(5)29-26(33)30-21-14-18(3)13-19(4)15-21)32-10-8-31(9-11-32)22-6-7-23(27)24(28)16-22/h6-7,13-17,20,25H,8-12H2,1-5H3,(H2,29,30,33). The molecule has 2 aromatic carbocycles. The third-order valence-corrected chi connectivity index (χ3v) is 6.92. The van der Waals surface area contributed by atoms with Gasteiger partial charge in [0.25, 0.3) is 0 Å². The molecule has 2 N–H and O–H groups in total. The second-order valence-corrected chi connectivity index (χ2v) is 10.4. The van der Waals surface area contributed by atoms with Crippen LogP contribution in [-0.4, -0.2) is 49.2 Å². The number of carbonyl (C=O) groups is 1. The van der Waals surface area contributed by atoms with Crippen LogP contribution in [0, 0.1) is 19.8 Å². The number of aryl methyl sites for hydroxylation is 2. The predicted octanol–water partition coefficient (Wildman–Crippen LogP) is 6.36. The highest BCUT2D eigenvalue weighted by molar-refractivity contribution is 6.42. The normalized spacial score (nSPS) is 16.5. The van der Waals surface area contributed by atoms with Crippen LogP contribution in [0.4, 0.5) is 16.2 Å². The second-order valence-electron chi connectivity index (χ2n) is 9.58. The van der Waals surface area contributed by atoms with Gasteiger partial charge in [-0.15, -0.1) is 0 Å². The molecule has 0 spiro atoms. The summed E-state index contributed by atoms with van der Waals surface area (Å²) in [6.45, 7) is 14.3. The van der Waals surface area contributed by atoms with Crippen molar-refractivity contribution in [3.05, 3.63) is 57.6 Å². The Morgan fingerprint density at radius 2 is 1.58 bits per heavy atom. The van der Waals surface area contributed by atoms with Crippen LogP contribution >= 0.6 is 23.2 Å². The Kier molecular flexibility index (Phi) is 8.91. The molecular formula is C26H36Cl2N4O. The van der Waals surface area contributed by atoms with Gasteiger partial charge in [0.05, 0.1) is 10.0 Å². The molecular weight excluding hydrogens is 455 g/mol. The molecule has 0 aromatic heterocycles. The lowest BCUT2D eigenvalue weighted by Gasteiger charge is -2.43. The largest absolute Gasteiger partial charge is 0.369 e. The van der Waals surface area contributed by atoms with Crippen molar-refractivity contribution < 1.29 is 4.79 Å². The maximum atomic E-state index is 12.7. The Morgan fingerprint density at radius 1 is 0.939 bits per heavy atom. The molecule has 1 fully saturated rings. The van der Waals surface area contributed by atoms with Gasteiger partial charge in [0.1, 0.15) is 0 Å². The van der Waals surface area contributed by atoms with Crippen LogP contribution in [0.5, 0.6) is 0 Å². The summed E-state index contributed by atoms with van der Waals surface area (Å²) in [5.74, 6) is 0.537. The first-order valence-electron chi connectivity index (χ1n) is 11.7. The van der Waals surface area contributed by atoms with Crippen molar-refractivity contribution in [3.8, 4) is 0 Å². The topological polar surface area (TPSA) is 47.6 Å². The molecule has 7 heteroatoms. The van der Waals surface area contributed by atoms with Gasteiger partial charge in [0.2, 0.25) is 0 Å². The average molecular weight is 492 g/mol. The monoisotopic (exact) mass is 490 g/mol. The van der Waals surface area contributed by atoms with E-state index < -0.39 is 0 Å². The molecule has 1 aliphatic heterocycles. The zero-order chi connectivity index (χ0) is 24.1. The van der Waals surface area contributed by atoms with Crippen LogP contribution in [0.2, 0.25) is 10.0 Å². The number of piperazine rings is 1. The van der Waals surface area contributed by atoms with E-state index in [0.717, 1.165) is 55.1 Å². The lowest BCUT2D eigenvalue weighted by atomic mass is 9.96. The average Bonchev–Trinajstić information content (AvgIpc) is 2.73. The first kappa shape index (κ1) is 25.7. The SMILES string of the molecule is Cc1cc(C)cc(NC(=O)NC(C)C(CC(C)C)N2CCN(c3ccc(Cl)c(Cl)c3)CC2)c1. The third-order valence-electron chi connectivity index (χ3n) is 6.18. The number of benzene rings is 2. The number of anilines is 2. The molecule has 180 valence electrons. The Balaban J connectivity index is 1.61. The summed E-state index contributed by atoms with van der Waals surface area (Å²) in [4.78, 5) is 17.6. The molecule has 0 bridgehead atoms. The van der Waals surface area contributed by atoms with E-state index in [-0.39, 0.29) is 18.1 Å². The number of nitrogens with one attached hydrogen (secondary N) is 2. The van der Waals surface area contributed by atoms with E-state index in [1.54, 1.807) is 0 Å². The van der Waals surface area contributed by atoms with E-state index in [4.69, 9.17) is 23.2 Å². The molecule has 2 amide bonds. The van der Waals surface area contributed by atoms with E-state index >= 15 is 0 Å². The fraction of sp³-hybridized carbons (Fsp3) is 0.500. The summed E-state index contributed by atoms with van der Waals surface area (Å²) >= 11 is 12.3. The van der Waals surface area contributed by atoms with Crippen molar-refractivity contribution in [1.82, 2.24) is 10.2 Å². The number of hydrogen-bond donors (Lipinski definition) is 2. The molecule has 33 heavy (non-hydrogen) atoms. The first-order chi connectivity index (χ1) is 15.6. The number of amides is 2. The van der Waals surface area contributed by atoms with E-state index in [0.29, 0.717) is 16.0 Å². The zero-order valence-electron chi connectivity index (χ0n) is 20.3. The minimum absolute atomic E-state index is 0.0230. The zero-order valence-corrected chi connectivity index (χ0v) is 21.8. The molecule has 1 saturated heterocycles. The maximum absolute atomic E-state index is 12.7. The van der Waals surface area contributed by atoms with Gasteiger partial charge in [0.15, 0.2) is 0 Å². The molecule has 0 aliphatic carbocycles. The van der Waals surface area contributed by atoms with Gasteiger partial charge in [-0.3, -0.25) is 4.90 Å². The van der Waals surface area contributed by atoms with Crippen LogP contribution in [0.25, 0.3) is 0 Å². The van der Waals surface area contributed by atoms with Crippen LogP contribution < -0.4 is 15.5 Å². The Hall–Kier alpha value is -1.95. The summed E-state index contributed by atoms with van der Waals surface area (Å²) < 4.78 is 0. The van der Waals surface area contributed by atoms with Crippen LogP contribution in [-0.2, 0) is 0 Å². The van der Waals surface area contributed by atoms with Gasteiger partial charge in [-0.1, -0.05) is 43.1 Å². The Morgan fingerprint density at radius 3 is 2.15 bits per heavy atom. The maximum Gasteiger partial charge on any atom is 0.319 e. The van der Waals surface area contributed by atoms with Gasteiger partial charge < -0.3 is 15.5 Å². The number of carbonyl (C=O) groups excluding carboxylic acids is 1. The van der Waals surface area contributed by atoms with Crippen molar-refractivity contribution >= 4 is 40.6 Å². The highest BCUT2D eigenvalue weighted by Gasteiger charge is 2.29. The lowest BCUT2D eigenvalue weighted by Crippen LogP contribution is -2.57. The molecule has 1 aliphatic rings. The van der Waals surface area contributed by atoms with Crippen molar-refractivity contribution in [1.29, 1.82) is 0 Å². The molecule has 2 atom stereocenters. The first-order valence-corrected chi connectivity index (χ1v) is 12.5. The molecule has 5 nitrogen and oxygen atoms in total. The van der Waals surface area contributed by atoms with Gasteiger partial charge in [-0.25, -0.2) is 4.79 Å². The molecule has 0 radical (unpaired) electrons. The van der Waals surface area contributed by atoms with Gasteiger partial charge in [-0.2, -0.15) is 0 Å². The van der Waals surface area contributed by atoms with Crippen molar-refractivity contribution in [2.45, 2.75) is 53.1 Å². The van der Waals surface area contributed by atoms with E-state index in [1.165, 1.54) is 0 Å². The molecule has 0 saturated carbocycles. The molecule has 1 heterocycles. The number of halogens is 2. The molecule has 2 unspecified atom stereocenters. The van der Waals surface area contributed by atoms with Crippen molar-refractivity contribution in [3.63, 3.8) is 0 Å². The Labute approximate surface area is 208 Å². The number of rotatable bonds is 7. The lowest BCUT2D eigenvalue weighted by molar-refractivity contribution is 0.135. The quantitative estimate of drug-likeness (QED) is 0.474. The third kappa shape index (κ3) is 7.26. The van der Waals surface area contributed by atoms with E-state index in [1.807, 2.05) is 44.2 Å². The highest BCUT2D eigenvalue weighted by Crippen LogP contribution is 2.28. The minimum Gasteiger partial charge on any atom is -0.369 e. The fourth-order valence-corrected chi connectivity index (χ4v) is 4.96. The second kappa shape index (κ2) is 11.5. The smallest absolute Gasteiger partial charge is 0.319 e. The van der Waals surface area contributed by atoms with Crippen molar-refractivity contribution in [2.24, 2.45) is 5.92 Å². The van der Waals surface area contributed by atoms with E-state index in [2.05, 4.69) is 47.3 Å². The predicted molar refractivity (Wildman–Crippen MR) is 141 cm³/mol. The number of nitrogens with zero attached hydrogens (tertiary/aromatic N) is 2. The Bertz CT molecular complexity index is 937. The summed E-state index contributed by atoms with van der Waals surface area (Å²) in [6, 6.07) is 12.0. The molecule has 2 aromatic rings.